The van der Waals surface area contributed by atoms with Gasteiger partial charge in [0.25, 0.3) is 5.69 Å². The van der Waals surface area contributed by atoms with Crippen molar-refractivity contribution in [2.45, 2.75) is 31.8 Å². The zero-order chi connectivity index (χ0) is 13.8. The van der Waals surface area contributed by atoms with Crippen LogP contribution in [-0.2, 0) is 0 Å². The van der Waals surface area contributed by atoms with Crippen molar-refractivity contribution in [3.63, 3.8) is 0 Å². The number of aliphatic hydroxyl groups excluding tert-OH is 1. The molecule has 0 radical (unpaired) electrons. The highest BCUT2D eigenvalue weighted by Gasteiger charge is 2.19. The van der Waals surface area contributed by atoms with Crippen LogP contribution in [0.2, 0.25) is 0 Å². The molecular weight excluding hydrogens is 359 g/mol. The van der Waals surface area contributed by atoms with Crippen molar-refractivity contribution >= 4 is 34.0 Å². The van der Waals surface area contributed by atoms with Crippen molar-refractivity contribution in [1.82, 2.24) is 0 Å². The second-order valence-electron chi connectivity index (χ2n) is 4.98. The molecule has 0 saturated heterocycles. The van der Waals surface area contributed by atoms with E-state index in [-0.39, 0.29) is 16.7 Å². The lowest BCUT2D eigenvalue weighted by atomic mass is 9.87. The van der Waals surface area contributed by atoms with Crippen molar-refractivity contribution in [3.05, 3.63) is 31.9 Å². The fraction of sp³-hybridized carbons (Fsp3) is 0.538. The summed E-state index contributed by atoms with van der Waals surface area (Å²) in [5.41, 5.74) is 1.06. The van der Waals surface area contributed by atoms with E-state index in [1.807, 2.05) is 0 Å². The van der Waals surface area contributed by atoms with Crippen LogP contribution in [0.5, 0.6) is 0 Å². The van der Waals surface area contributed by atoms with Crippen LogP contribution in [0.15, 0.2) is 18.2 Å². The van der Waals surface area contributed by atoms with Crippen LogP contribution < -0.4 is 5.32 Å². The number of aliphatic hydroxyl groups is 1. The maximum Gasteiger partial charge on any atom is 0.270 e. The SMILES string of the molecule is O=[N+]([O-])c1ccc(NCC2CCC(O)CC2)c(I)c1. The zero-order valence-electron chi connectivity index (χ0n) is 10.5. The van der Waals surface area contributed by atoms with Gasteiger partial charge in [-0.25, -0.2) is 0 Å². The van der Waals surface area contributed by atoms with Gasteiger partial charge in [0, 0.05) is 27.9 Å². The molecule has 19 heavy (non-hydrogen) atoms. The van der Waals surface area contributed by atoms with E-state index < -0.39 is 0 Å². The Morgan fingerprint density at radius 2 is 2.05 bits per heavy atom. The van der Waals surface area contributed by atoms with Gasteiger partial charge >= 0.3 is 0 Å². The third kappa shape index (κ3) is 4.04. The van der Waals surface area contributed by atoms with Gasteiger partial charge in [0.1, 0.15) is 0 Å². The van der Waals surface area contributed by atoms with Gasteiger partial charge in [0.2, 0.25) is 0 Å². The minimum Gasteiger partial charge on any atom is -0.393 e. The Hall–Kier alpha value is -0.890. The van der Waals surface area contributed by atoms with E-state index in [2.05, 4.69) is 27.9 Å². The maximum absolute atomic E-state index is 10.7. The summed E-state index contributed by atoms with van der Waals surface area (Å²) in [6.07, 6.45) is 3.71. The molecule has 0 bridgehead atoms. The number of non-ortho nitro benzene ring substituents is 1. The summed E-state index contributed by atoms with van der Waals surface area (Å²) in [7, 11) is 0. The highest BCUT2D eigenvalue weighted by molar-refractivity contribution is 14.1. The Labute approximate surface area is 125 Å². The van der Waals surface area contributed by atoms with E-state index in [1.165, 1.54) is 6.07 Å². The predicted octanol–water partition coefficient (Wildman–Crippen LogP) is 3.16. The third-order valence-electron chi connectivity index (χ3n) is 3.56. The molecule has 0 amide bonds. The summed E-state index contributed by atoms with van der Waals surface area (Å²) < 4.78 is 0.864. The molecule has 5 nitrogen and oxygen atoms in total. The Bertz CT molecular complexity index is 459. The summed E-state index contributed by atoms with van der Waals surface area (Å²) in [6, 6.07) is 4.86. The predicted molar refractivity (Wildman–Crippen MR) is 82.3 cm³/mol. The van der Waals surface area contributed by atoms with Crippen molar-refractivity contribution in [3.8, 4) is 0 Å². The lowest BCUT2D eigenvalue weighted by molar-refractivity contribution is -0.384. The van der Waals surface area contributed by atoms with E-state index in [1.54, 1.807) is 12.1 Å². The van der Waals surface area contributed by atoms with Gasteiger partial charge < -0.3 is 10.4 Å². The Kier molecular flexibility index (Phi) is 4.98. The minimum absolute atomic E-state index is 0.121. The molecule has 1 aromatic carbocycles. The maximum atomic E-state index is 10.7. The highest BCUT2D eigenvalue weighted by Crippen LogP contribution is 2.27. The quantitative estimate of drug-likeness (QED) is 0.481. The van der Waals surface area contributed by atoms with Crippen LogP contribution in [0.25, 0.3) is 0 Å². The molecular formula is C13H17IN2O3. The number of hydrogen-bond acceptors (Lipinski definition) is 4. The van der Waals surface area contributed by atoms with Crippen LogP contribution in [0.4, 0.5) is 11.4 Å². The molecule has 1 aliphatic carbocycles. The lowest BCUT2D eigenvalue weighted by Crippen LogP contribution is -2.23. The molecule has 0 unspecified atom stereocenters. The molecule has 0 heterocycles. The number of nitro groups is 1. The van der Waals surface area contributed by atoms with Gasteiger partial charge in [0.05, 0.1) is 11.0 Å². The first-order valence-electron chi connectivity index (χ1n) is 6.42. The number of hydrogen-bond donors (Lipinski definition) is 2. The van der Waals surface area contributed by atoms with E-state index in [0.29, 0.717) is 5.92 Å². The fourth-order valence-electron chi connectivity index (χ4n) is 2.36. The number of benzene rings is 1. The van der Waals surface area contributed by atoms with Gasteiger partial charge in [-0.1, -0.05) is 0 Å². The Morgan fingerprint density at radius 3 is 2.63 bits per heavy atom. The van der Waals surface area contributed by atoms with Crippen LogP contribution in [-0.4, -0.2) is 22.7 Å². The van der Waals surface area contributed by atoms with Crippen LogP contribution in [0, 0.1) is 19.6 Å². The van der Waals surface area contributed by atoms with Crippen LogP contribution in [0.1, 0.15) is 25.7 Å². The lowest BCUT2D eigenvalue weighted by Gasteiger charge is -2.26. The van der Waals surface area contributed by atoms with Crippen molar-refractivity contribution in [2.24, 2.45) is 5.92 Å². The monoisotopic (exact) mass is 376 g/mol. The largest absolute Gasteiger partial charge is 0.393 e. The molecule has 2 rings (SSSR count). The molecule has 2 N–H and O–H groups in total. The van der Waals surface area contributed by atoms with E-state index in [9.17, 15) is 15.2 Å². The minimum atomic E-state index is -0.380. The molecule has 0 atom stereocenters. The molecule has 0 aliphatic heterocycles. The molecule has 6 heteroatoms. The number of nitrogens with zero attached hydrogens (tertiary/aromatic N) is 1. The number of halogens is 1. The second kappa shape index (κ2) is 6.51. The number of rotatable bonds is 4. The highest BCUT2D eigenvalue weighted by atomic mass is 127. The Balaban J connectivity index is 1.91. The van der Waals surface area contributed by atoms with Gasteiger partial charge in [-0.05, 0) is 60.3 Å². The molecule has 0 aromatic heterocycles. The number of anilines is 1. The van der Waals surface area contributed by atoms with E-state index in [4.69, 9.17) is 0 Å². The van der Waals surface area contributed by atoms with Crippen LogP contribution >= 0.6 is 22.6 Å². The molecule has 104 valence electrons. The third-order valence-corrected chi connectivity index (χ3v) is 4.45. The van der Waals surface area contributed by atoms with E-state index >= 15 is 0 Å². The number of nitro benzene ring substituents is 1. The second-order valence-corrected chi connectivity index (χ2v) is 6.14. The van der Waals surface area contributed by atoms with Gasteiger partial charge in [-0.2, -0.15) is 0 Å². The normalized spacial score (nSPS) is 23.1. The smallest absolute Gasteiger partial charge is 0.270 e. The first-order valence-corrected chi connectivity index (χ1v) is 7.50. The fourth-order valence-corrected chi connectivity index (χ4v) is 3.05. The average Bonchev–Trinajstić information content (AvgIpc) is 2.39. The summed E-state index contributed by atoms with van der Waals surface area (Å²) in [5, 5.41) is 23.5. The standard InChI is InChI=1S/C13H17IN2O3/c14-12-7-10(16(18)19)3-6-13(12)15-8-9-1-4-11(17)5-2-9/h3,6-7,9,11,15,17H,1-2,4-5,8H2. The molecule has 1 aliphatic rings. The molecule has 0 spiro atoms. The topological polar surface area (TPSA) is 75.4 Å². The summed E-state index contributed by atoms with van der Waals surface area (Å²) in [4.78, 5) is 10.3. The van der Waals surface area contributed by atoms with Crippen molar-refractivity contribution in [2.75, 3.05) is 11.9 Å². The van der Waals surface area contributed by atoms with Crippen molar-refractivity contribution in [1.29, 1.82) is 0 Å². The first-order chi connectivity index (χ1) is 9.06. The summed E-state index contributed by atoms with van der Waals surface area (Å²) in [6.45, 7) is 0.862. The van der Waals surface area contributed by atoms with Gasteiger partial charge in [-0.15, -0.1) is 0 Å². The molecule has 1 saturated carbocycles. The Morgan fingerprint density at radius 1 is 1.37 bits per heavy atom. The molecule has 1 aromatic rings. The van der Waals surface area contributed by atoms with Crippen LogP contribution in [0.3, 0.4) is 0 Å². The number of nitrogens with one attached hydrogen (secondary N) is 1. The average molecular weight is 376 g/mol. The van der Waals surface area contributed by atoms with E-state index in [0.717, 1.165) is 41.5 Å². The summed E-state index contributed by atoms with van der Waals surface area (Å²) >= 11 is 2.11. The van der Waals surface area contributed by atoms with Gasteiger partial charge in [0.15, 0.2) is 0 Å². The van der Waals surface area contributed by atoms with Gasteiger partial charge in [-0.3, -0.25) is 10.1 Å². The zero-order valence-corrected chi connectivity index (χ0v) is 12.7. The first kappa shape index (κ1) is 14.5. The van der Waals surface area contributed by atoms with Crippen molar-refractivity contribution < 1.29 is 10.0 Å². The molecule has 1 fully saturated rings. The summed E-state index contributed by atoms with van der Waals surface area (Å²) in [5.74, 6) is 0.578.